The van der Waals surface area contributed by atoms with Crippen LogP contribution in [0.4, 0.5) is 0 Å². The summed E-state index contributed by atoms with van der Waals surface area (Å²) in [6, 6.07) is 5.86. The van der Waals surface area contributed by atoms with E-state index in [0.717, 1.165) is 0 Å². The lowest BCUT2D eigenvalue weighted by molar-refractivity contribution is -0.143. The number of ether oxygens (including phenoxy) is 1. The van der Waals surface area contributed by atoms with Crippen molar-refractivity contribution in [3.63, 3.8) is 0 Å². The molecular formula is C12H13NO5. The molecule has 0 aliphatic heterocycles. The molecule has 0 radical (unpaired) electrons. The Bertz CT molecular complexity index is 440. The molecule has 1 aromatic carbocycles. The van der Waals surface area contributed by atoms with Crippen molar-refractivity contribution in [1.82, 2.24) is 5.32 Å². The number of benzene rings is 1. The molecule has 6 heteroatoms. The molecule has 0 spiro atoms. The molecule has 0 bridgehead atoms. The van der Waals surface area contributed by atoms with Gasteiger partial charge in [-0.15, -0.1) is 0 Å². The van der Waals surface area contributed by atoms with Gasteiger partial charge in [0.15, 0.2) is 0 Å². The van der Waals surface area contributed by atoms with Crippen LogP contribution in [0.1, 0.15) is 27.1 Å². The Morgan fingerprint density at radius 3 is 2.50 bits per heavy atom. The Hall–Kier alpha value is -2.21. The molecule has 0 fully saturated rings. The molecule has 6 nitrogen and oxygen atoms in total. The smallest absolute Gasteiger partial charge is 0.310 e. The monoisotopic (exact) mass is 251 g/mol. The first kappa shape index (κ1) is 13.9. The van der Waals surface area contributed by atoms with Crippen molar-refractivity contribution in [2.24, 2.45) is 0 Å². The third-order valence-electron chi connectivity index (χ3n) is 2.19. The highest BCUT2D eigenvalue weighted by atomic mass is 16.5. The second kappa shape index (κ2) is 6.51. The first-order valence-corrected chi connectivity index (χ1v) is 5.18. The second-order valence-electron chi connectivity index (χ2n) is 3.51. The Morgan fingerprint density at radius 1 is 1.39 bits per heavy atom. The number of carbonyl (C=O) groups excluding carboxylic acids is 3. The second-order valence-corrected chi connectivity index (χ2v) is 3.51. The molecule has 1 rings (SSSR count). The number of aliphatic hydroxyl groups is 1. The van der Waals surface area contributed by atoms with E-state index in [-0.39, 0.29) is 12.0 Å². The maximum atomic E-state index is 11.6. The minimum atomic E-state index is -1.31. The standard InChI is InChI=1S/C12H13NO5/c1-18-11(16)6-10(15)13-12(17)9-4-2-8(7-14)3-5-9/h2-5,7,10,15H,6H2,1H3,(H,13,17). The lowest BCUT2D eigenvalue weighted by Crippen LogP contribution is -2.36. The Kier molecular flexibility index (Phi) is 5.01. The molecule has 1 amide bonds. The van der Waals surface area contributed by atoms with E-state index in [1.165, 1.54) is 31.4 Å². The van der Waals surface area contributed by atoms with Crippen LogP contribution in [0.25, 0.3) is 0 Å². The summed E-state index contributed by atoms with van der Waals surface area (Å²) in [6.07, 6.45) is -0.974. The third kappa shape index (κ3) is 3.99. The van der Waals surface area contributed by atoms with E-state index in [0.29, 0.717) is 11.8 Å². The van der Waals surface area contributed by atoms with Crippen LogP contribution in [0.2, 0.25) is 0 Å². The highest BCUT2D eigenvalue weighted by Crippen LogP contribution is 2.03. The predicted octanol–water partition coefficient (Wildman–Crippen LogP) is 0.110. The van der Waals surface area contributed by atoms with Gasteiger partial charge in [0, 0.05) is 11.1 Å². The van der Waals surface area contributed by atoms with Crippen molar-refractivity contribution in [2.45, 2.75) is 12.6 Å². The van der Waals surface area contributed by atoms with Crippen molar-refractivity contribution in [3.8, 4) is 0 Å². The normalized spacial score (nSPS) is 11.4. The lowest BCUT2D eigenvalue weighted by Gasteiger charge is -2.11. The topological polar surface area (TPSA) is 92.7 Å². The van der Waals surface area contributed by atoms with E-state index in [4.69, 9.17) is 0 Å². The third-order valence-corrected chi connectivity index (χ3v) is 2.19. The summed E-state index contributed by atoms with van der Waals surface area (Å²) < 4.78 is 4.35. The molecule has 0 saturated carbocycles. The van der Waals surface area contributed by atoms with Gasteiger partial charge in [-0.1, -0.05) is 12.1 Å². The average Bonchev–Trinajstić information content (AvgIpc) is 2.38. The maximum Gasteiger partial charge on any atom is 0.310 e. The summed E-state index contributed by atoms with van der Waals surface area (Å²) in [5.74, 6) is -1.16. The number of aldehydes is 1. The van der Waals surface area contributed by atoms with E-state index in [9.17, 15) is 19.5 Å². The van der Waals surface area contributed by atoms with Gasteiger partial charge in [-0.05, 0) is 12.1 Å². The quantitative estimate of drug-likeness (QED) is 0.440. The molecule has 96 valence electrons. The molecule has 0 aromatic heterocycles. The predicted molar refractivity (Wildman–Crippen MR) is 61.9 cm³/mol. The van der Waals surface area contributed by atoms with Crippen LogP contribution >= 0.6 is 0 Å². The van der Waals surface area contributed by atoms with Gasteiger partial charge in [0.1, 0.15) is 12.5 Å². The largest absolute Gasteiger partial charge is 0.469 e. The Morgan fingerprint density at radius 2 is 2.00 bits per heavy atom. The average molecular weight is 251 g/mol. The molecule has 1 atom stereocenters. The fraction of sp³-hybridized carbons (Fsp3) is 0.250. The fourth-order valence-electron chi connectivity index (χ4n) is 1.24. The fourth-order valence-corrected chi connectivity index (χ4v) is 1.24. The van der Waals surface area contributed by atoms with Crippen molar-refractivity contribution in [3.05, 3.63) is 35.4 Å². The number of hydrogen-bond acceptors (Lipinski definition) is 5. The van der Waals surface area contributed by atoms with Gasteiger partial charge in [-0.2, -0.15) is 0 Å². The van der Waals surface area contributed by atoms with E-state index < -0.39 is 18.1 Å². The summed E-state index contributed by atoms with van der Waals surface area (Å²) >= 11 is 0. The van der Waals surface area contributed by atoms with Gasteiger partial charge in [0.25, 0.3) is 5.91 Å². The number of aliphatic hydroxyl groups excluding tert-OH is 1. The molecule has 0 aliphatic rings. The molecule has 0 heterocycles. The SMILES string of the molecule is COC(=O)CC(O)NC(=O)c1ccc(C=O)cc1. The molecule has 1 unspecified atom stereocenters. The van der Waals surface area contributed by atoms with Crippen LogP contribution in [-0.4, -0.2) is 36.6 Å². The Balaban J connectivity index is 2.58. The minimum absolute atomic E-state index is 0.282. The number of hydrogen-bond donors (Lipinski definition) is 2. The number of methoxy groups -OCH3 is 1. The highest BCUT2D eigenvalue weighted by molar-refractivity contribution is 5.95. The van der Waals surface area contributed by atoms with Gasteiger partial charge in [0.05, 0.1) is 13.5 Å². The molecule has 2 N–H and O–H groups in total. The zero-order chi connectivity index (χ0) is 13.5. The zero-order valence-corrected chi connectivity index (χ0v) is 9.75. The number of carbonyl (C=O) groups is 3. The summed E-state index contributed by atoms with van der Waals surface area (Å²) in [7, 11) is 1.19. The van der Waals surface area contributed by atoms with E-state index in [2.05, 4.69) is 10.1 Å². The van der Waals surface area contributed by atoms with Crippen molar-refractivity contribution < 1.29 is 24.2 Å². The van der Waals surface area contributed by atoms with Crippen LogP contribution in [-0.2, 0) is 9.53 Å². The molecule has 0 saturated heterocycles. The minimum Gasteiger partial charge on any atom is -0.469 e. The van der Waals surface area contributed by atoms with Gasteiger partial charge in [-0.25, -0.2) is 0 Å². The Labute approximate surface area is 104 Å². The van der Waals surface area contributed by atoms with Crippen molar-refractivity contribution in [2.75, 3.05) is 7.11 Å². The number of esters is 1. The van der Waals surface area contributed by atoms with Crippen molar-refractivity contribution >= 4 is 18.2 Å². The van der Waals surface area contributed by atoms with Gasteiger partial charge >= 0.3 is 5.97 Å². The molecular weight excluding hydrogens is 238 g/mol. The molecule has 1 aromatic rings. The van der Waals surface area contributed by atoms with Gasteiger partial charge in [-0.3, -0.25) is 14.4 Å². The summed E-state index contributed by atoms with van der Waals surface area (Å²) in [5, 5.41) is 11.6. The highest BCUT2D eigenvalue weighted by Gasteiger charge is 2.14. The van der Waals surface area contributed by atoms with E-state index in [1.807, 2.05) is 0 Å². The van der Waals surface area contributed by atoms with Crippen LogP contribution in [0.5, 0.6) is 0 Å². The van der Waals surface area contributed by atoms with E-state index in [1.54, 1.807) is 0 Å². The first-order valence-electron chi connectivity index (χ1n) is 5.18. The number of amides is 1. The first-order chi connectivity index (χ1) is 8.56. The van der Waals surface area contributed by atoms with Crippen LogP contribution in [0.3, 0.4) is 0 Å². The van der Waals surface area contributed by atoms with Crippen LogP contribution < -0.4 is 5.32 Å². The summed E-state index contributed by atoms with van der Waals surface area (Å²) in [5.41, 5.74) is 0.728. The molecule has 18 heavy (non-hydrogen) atoms. The van der Waals surface area contributed by atoms with Gasteiger partial charge < -0.3 is 15.2 Å². The maximum absolute atomic E-state index is 11.6. The number of nitrogens with one attached hydrogen (secondary N) is 1. The molecule has 0 aliphatic carbocycles. The van der Waals surface area contributed by atoms with Crippen LogP contribution in [0.15, 0.2) is 24.3 Å². The summed E-state index contributed by atoms with van der Waals surface area (Å²) in [6.45, 7) is 0. The van der Waals surface area contributed by atoms with Gasteiger partial charge in [0.2, 0.25) is 0 Å². The van der Waals surface area contributed by atoms with Crippen LogP contribution in [0, 0.1) is 0 Å². The lowest BCUT2D eigenvalue weighted by atomic mass is 10.1. The van der Waals surface area contributed by atoms with E-state index >= 15 is 0 Å². The van der Waals surface area contributed by atoms with Crippen molar-refractivity contribution in [1.29, 1.82) is 0 Å². The summed E-state index contributed by atoms with van der Waals surface area (Å²) in [4.78, 5) is 32.9. The number of rotatable bonds is 5. The zero-order valence-electron chi connectivity index (χ0n) is 9.75.